The van der Waals surface area contributed by atoms with E-state index in [4.69, 9.17) is 0 Å². The number of anilines is 1. The second-order valence-corrected chi connectivity index (χ2v) is 9.34. The number of hydrogen-bond acceptors (Lipinski definition) is 3. The third-order valence-electron chi connectivity index (χ3n) is 6.74. The lowest BCUT2D eigenvalue weighted by Gasteiger charge is -2.43. The van der Waals surface area contributed by atoms with E-state index in [0.29, 0.717) is 11.5 Å². The molecule has 1 aromatic heterocycles. The van der Waals surface area contributed by atoms with Crippen LogP contribution in [-0.4, -0.2) is 22.1 Å². The maximum Gasteiger partial charge on any atom is 0.255 e. The second kappa shape index (κ2) is 16.1. The van der Waals surface area contributed by atoms with Crippen LogP contribution in [0.2, 0.25) is 0 Å². The molecule has 198 valence electrons. The van der Waals surface area contributed by atoms with Crippen LogP contribution >= 0.6 is 15.9 Å². The van der Waals surface area contributed by atoms with Crippen molar-refractivity contribution in [1.82, 2.24) is 4.98 Å². The smallest absolute Gasteiger partial charge is 0.255 e. The molecule has 1 fully saturated rings. The molecule has 1 amide bonds. The Balaban J connectivity index is 0.00000154. The van der Waals surface area contributed by atoms with Gasteiger partial charge in [-0.1, -0.05) is 62.0 Å². The van der Waals surface area contributed by atoms with Gasteiger partial charge in [-0.3, -0.25) is 4.79 Å². The number of aliphatic hydroxyl groups is 1. The lowest BCUT2D eigenvalue weighted by atomic mass is 9.62. The van der Waals surface area contributed by atoms with Crippen molar-refractivity contribution in [2.75, 3.05) is 5.32 Å². The number of nitrogens with one attached hydrogen (secondary N) is 1. The van der Waals surface area contributed by atoms with Crippen LogP contribution in [-0.2, 0) is 11.8 Å². The molecule has 3 atom stereocenters. The first-order chi connectivity index (χ1) is 16.4. The highest BCUT2D eigenvalue weighted by atomic mass is 79.9. The Kier molecular flexibility index (Phi) is 15.3. The molecule has 0 radical (unpaired) electrons. The number of aryl methyl sites for hydroxylation is 2. The number of amides is 1. The Bertz CT molecular complexity index is 915. The highest BCUT2D eigenvalue weighted by Crippen LogP contribution is 2.49. The number of hydrogen-bond donors (Lipinski definition) is 2. The number of aliphatic hydroxyl groups excluding tert-OH is 1. The first kappa shape index (κ1) is 33.3. The molecular formula is C30H49BrN2O2. The molecule has 2 N–H and O–H groups in total. The third kappa shape index (κ3) is 8.15. The van der Waals surface area contributed by atoms with E-state index in [1.807, 2.05) is 66.7 Å². The van der Waals surface area contributed by atoms with Gasteiger partial charge in [0.15, 0.2) is 0 Å². The van der Waals surface area contributed by atoms with Crippen LogP contribution in [0.3, 0.4) is 0 Å². The van der Waals surface area contributed by atoms with Gasteiger partial charge in [0.2, 0.25) is 0 Å². The Morgan fingerprint density at radius 3 is 2.37 bits per heavy atom. The molecule has 0 aliphatic heterocycles. The van der Waals surface area contributed by atoms with E-state index >= 15 is 0 Å². The van der Waals surface area contributed by atoms with Gasteiger partial charge in [0.1, 0.15) is 4.60 Å². The van der Waals surface area contributed by atoms with Crippen molar-refractivity contribution in [3.63, 3.8) is 0 Å². The van der Waals surface area contributed by atoms with Crippen molar-refractivity contribution in [3.8, 4) is 0 Å². The van der Waals surface area contributed by atoms with Gasteiger partial charge in [0, 0.05) is 5.56 Å². The molecule has 1 heterocycles. The first-order valence-corrected chi connectivity index (χ1v) is 13.9. The van der Waals surface area contributed by atoms with Crippen LogP contribution in [0.15, 0.2) is 34.9 Å². The van der Waals surface area contributed by atoms with Crippen LogP contribution in [0, 0.1) is 12.8 Å². The quantitative estimate of drug-likeness (QED) is 0.368. The van der Waals surface area contributed by atoms with Crippen molar-refractivity contribution in [2.24, 2.45) is 5.92 Å². The van der Waals surface area contributed by atoms with Crippen LogP contribution in [0.1, 0.15) is 115 Å². The molecular weight excluding hydrogens is 500 g/mol. The van der Waals surface area contributed by atoms with Crippen molar-refractivity contribution < 1.29 is 9.90 Å². The lowest BCUT2D eigenvalue weighted by Crippen LogP contribution is -2.39. The first-order valence-electron chi connectivity index (χ1n) is 13.1. The molecule has 2 aliphatic carbocycles. The van der Waals surface area contributed by atoms with E-state index < -0.39 is 0 Å². The molecule has 2 aliphatic rings. The number of fused-ring (bicyclic) bond motifs is 3. The molecule has 0 saturated heterocycles. The summed E-state index contributed by atoms with van der Waals surface area (Å²) in [6.45, 7) is 16.2. The summed E-state index contributed by atoms with van der Waals surface area (Å²) in [4.78, 5) is 17.2. The fraction of sp³-hybridized carbons (Fsp3) is 0.600. The number of carbonyl (C=O) groups excluding carboxylic acids is 1. The minimum atomic E-state index is -0.160. The Labute approximate surface area is 223 Å². The number of carbonyl (C=O) groups is 1. The molecule has 1 saturated carbocycles. The highest BCUT2D eigenvalue weighted by molar-refractivity contribution is 9.10. The minimum Gasteiger partial charge on any atom is -0.393 e. The summed E-state index contributed by atoms with van der Waals surface area (Å²) in [6, 6.07) is 9.89. The normalized spacial score (nSPS) is 21.9. The van der Waals surface area contributed by atoms with Crippen LogP contribution < -0.4 is 5.32 Å². The second-order valence-electron chi connectivity index (χ2n) is 8.53. The van der Waals surface area contributed by atoms with Crippen molar-refractivity contribution in [1.29, 1.82) is 0 Å². The summed E-state index contributed by atoms with van der Waals surface area (Å²) in [7, 11) is 0. The summed E-state index contributed by atoms with van der Waals surface area (Å²) in [5.41, 5.74) is 4.98. The van der Waals surface area contributed by atoms with Gasteiger partial charge in [-0.2, -0.15) is 0 Å². The molecule has 1 aromatic carbocycles. The molecule has 35 heavy (non-hydrogen) atoms. The number of nitrogens with zero attached hydrogens (tertiary/aromatic N) is 1. The molecule has 0 spiro atoms. The topological polar surface area (TPSA) is 62.2 Å². The summed E-state index contributed by atoms with van der Waals surface area (Å²) >= 11 is 3.35. The fourth-order valence-corrected chi connectivity index (χ4v) is 5.46. The largest absolute Gasteiger partial charge is 0.393 e. The van der Waals surface area contributed by atoms with E-state index in [1.165, 1.54) is 11.1 Å². The summed E-state index contributed by atoms with van der Waals surface area (Å²) < 4.78 is 0.758. The average molecular weight is 550 g/mol. The number of rotatable bonds is 2. The summed E-state index contributed by atoms with van der Waals surface area (Å²) in [5.74, 6) is 0.425. The molecule has 2 aromatic rings. The average Bonchev–Trinajstić information content (AvgIpc) is 3.00. The van der Waals surface area contributed by atoms with E-state index in [9.17, 15) is 9.90 Å². The van der Waals surface area contributed by atoms with Gasteiger partial charge in [-0.25, -0.2) is 4.98 Å². The standard InChI is InChI=1S/C23H27BrN2O2.3C2H6.CH4/c1-14-20(8-9-21(24)25-14)26-22(28)16-6-7-19-15(12-16)4-3-5-17-13-18(27)10-11-23(17,19)2;3*1-2;/h6-9,12,17-18,27H,3-5,10-11,13H2,1-2H3,(H,26,28);3*1-2H3;1H4. The van der Waals surface area contributed by atoms with E-state index in [2.05, 4.69) is 45.3 Å². The van der Waals surface area contributed by atoms with Gasteiger partial charge in [0.25, 0.3) is 5.91 Å². The van der Waals surface area contributed by atoms with Gasteiger partial charge >= 0.3 is 0 Å². The third-order valence-corrected chi connectivity index (χ3v) is 7.18. The summed E-state index contributed by atoms with van der Waals surface area (Å²) in [5, 5.41) is 13.1. The van der Waals surface area contributed by atoms with E-state index in [1.54, 1.807) is 0 Å². The predicted molar refractivity (Wildman–Crippen MR) is 155 cm³/mol. The predicted octanol–water partition coefficient (Wildman–Crippen LogP) is 8.87. The van der Waals surface area contributed by atoms with Gasteiger partial charge in [0.05, 0.1) is 17.5 Å². The monoisotopic (exact) mass is 548 g/mol. The molecule has 3 unspecified atom stereocenters. The SMILES string of the molecule is C.CC.CC.CC.Cc1nc(Br)ccc1NC(=O)c1ccc2c(c1)CCCC1CC(O)CCC21C. The van der Waals surface area contributed by atoms with Gasteiger partial charge < -0.3 is 10.4 Å². The van der Waals surface area contributed by atoms with Crippen molar-refractivity contribution >= 4 is 27.5 Å². The minimum absolute atomic E-state index is 0. The van der Waals surface area contributed by atoms with Crippen molar-refractivity contribution in [2.45, 2.75) is 113 Å². The molecule has 4 nitrogen and oxygen atoms in total. The number of pyridine rings is 1. The van der Waals surface area contributed by atoms with Crippen LogP contribution in [0.25, 0.3) is 0 Å². The van der Waals surface area contributed by atoms with Crippen molar-refractivity contribution in [3.05, 3.63) is 57.3 Å². The summed E-state index contributed by atoms with van der Waals surface area (Å²) in [6.07, 6.45) is 5.87. The molecule has 4 rings (SSSR count). The molecule has 0 bridgehead atoms. The lowest BCUT2D eigenvalue weighted by molar-refractivity contribution is 0.0542. The fourth-order valence-electron chi connectivity index (χ4n) is 5.06. The number of aromatic nitrogens is 1. The van der Waals surface area contributed by atoms with Gasteiger partial charge in [-0.15, -0.1) is 0 Å². The maximum atomic E-state index is 12.8. The van der Waals surface area contributed by atoms with Gasteiger partial charge in [-0.05, 0) is 108 Å². The number of benzene rings is 1. The Hall–Kier alpha value is -1.72. The van der Waals surface area contributed by atoms with E-state index in [-0.39, 0.29) is 24.9 Å². The molecule has 5 heteroatoms. The Morgan fingerprint density at radius 1 is 1.09 bits per heavy atom. The van der Waals surface area contributed by atoms with Crippen LogP contribution in [0.5, 0.6) is 0 Å². The van der Waals surface area contributed by atoms with E-state index in [0.717, 1.165) is 54.5 Å². The highest BCUT2D eigenvalue weighted by Gasteiger charge is 2.42. The zero-order valence-electron chi connectivity index (χ0n) is 22.5. The zero-order chi connectivity index (χ0) is 25.9. The Morgan fingerprint density at radius 2 is 1.74 bits per heavy atom. The zero-order valence-corrected chi connectivity index (χ0v) is 24.1. The number of halogens is 1. The maximum absolute atomic E-state index is 12.8. The van der Waals surface area contributed by atoms with Crippen LogP contribution in [0.4, 0.5) is 5.69 Å².